The Bertz CT molecular complexity index is 558. The second-order valence-corrected chi connectivity index (χ2v) is 6.82. The fourth-order valence-electron chi connectivity index (χ4n) is 3.83. The molecular formula is C18H25FN2O2. The fourth-order valence-corrected chi connectivity index (χ4v) is 3.83. The summed E-state index contributed by atoms with van der Waals surface area (Å²) in [5.41, 5.74) is -0.00932. The topological polar surface area (TPSA) is 52.6 Å². The summed E-state index contributed by atoms with van der Waals surface area (Å²) in [4.78, 5) is 14.6. The molecule has 2 aliphatic rings. The number of benzene rings is 1. The number of likely N-dealkylation sites (tertiary alicyclic amines) is 1. The molecule has 1 heterocycles. The van der Waals surface area contributed by atoms with Crippen LogP contribution in [0.5, 0.6) is 5.75 Å². The molecule has 1 aliphatic heterocycles. The summed E-state index contributed by atoms with van der Waals surface area (Å²) >= 11 is 0. The average Bonchev–Trinajstić information content (AvgIpc) is 3.02. The van der Waals surface area contributed by atoms with Gasteiger partial charge >= 0.3 is 0 Å². The maximum absolute atomic E-state index is 13.7. The summed E-state index contributed by atoms with van der Waals surface area (Å²) in [5, 5.41) is 12.0. The molecule has 2 N–H and O–H groups in total. The largest absolute Gasteiger partial charge is 0.508 e. The summed E-state index contributed by atoms with van der Waals surface area (Å²) < 4.78 is 13.7. The van der Waals surface area contributed by atoms with E-state index in [1.165, 1.54) is 44.2 Å². The minimum atomic E-state index is -0.683. The van der Waals surface area contributed by atoms with E-state index in [9.17, 15) is 14.3 Å². The van der Waals surface area contributed by atoms with Crippen molar-refractivity contribution >= 4 is 5.91 Å². The minimum absolute atomic E-state index is 0.00932. The number of amides is 1. The van der Waals surface area contributed by atoms with Crippen molar-refractivity contribution in [3.8, 4) is 5.75 Å². The Morgan fingerprint density at radius 1 is 1.26 bits per heavy atom. The van der Waals surface area contributed by atoms with Crippen LogP contribution in [0.3, 0.4) is 0 Å². The van der Waals surface area contributed by atoms with Gasteiger partial charge in [0.25, 0.3) is 5.91 Å². The number of hydrogen-bond donors (Lipinski definition) is 2. The van der Waals surface area contributed by atoms with Gasteiger partial charge in [0.15, 0.2) is 0 Å². The van der Waals surface area contributed by atoms with Crippen molar-refractivity contribution in [1.82, 2.24) is 10.2 Å². The maximum atomic E-state index is 13.7. The summed E-state index contributed by atoms with van der Waals surface area (Å²) in [6.07, 6.45) is 7.73. The first kappa shape index (κ1) is 16.2. The summed E-state index contributed by atoms with van der Waals surface area (Å²) in [6, 6.07) is 4.34. The Balaban J connectivity index is 1.48. The predicted molar refractivity (Wildman–Crippen MR) is 87.0 cm³/mol. The van der Waals surface area contributed by atoms with Gasteiger partial charge < -0.3 is 15.3 Å². The number of halogens is 1. The van der Waals surface area contributed by atoms with Crippen molar-refractivity contribution < 1.29 is 14.3 Å². The van der Waals surface area contributed by atoms with E-state index >= 15 is 0 Å². The minimum Gasteiger partial charge on any atom is -0.508 e. The molecule has 5 heteroatoms. The first-order valence-corrected chi connectivity index (χ1v) is 8.64. The molecule has 126 valence electrons. The van der Waals surface area contributed by atoms with Crippen LogP contribution in [0, 0.1) is 11.7 Å². The Kier molecular flexibility index (Phi) is 5.16. The van der Waals surface area contributed by atoms with E-state index in [4.69, 9.17) is 0 Å². The van der Waals surface area contributed by atoms with Crippen molar-refractivity contribution in [1.29, 1.82) is 0 Å². The highest BCUT2D eigenvalue weighted by Crippen LogP contribution is 2.27. The van der Waals surface area contributed by atoms with Crippen LogP contribution in [0.25, 0.3) is 0 Å². The van der Waals surface area contributed by atoms with Crippen LogP contribution in [-0.4, -0.2) is 41.6 Å². The van der Waals surface area contributed by atoms with Gasteiger partial charge in [-0.3, -0.25) is 4.79 Å². The maximum Gasteiger partial charge on any atom is 0.254 e. The van der Waals surface area contributed by atoms with E-state index in [2.05, 4.69) is 10.2 Å². The number of rotatable bonds is 4. The van der Waals surface area contributed by atoms with Crippen LogP contribution in [0.1, 0.15) is 48.9 Å². The smallest absolute Gasteiger partial charge is 0.254 e. The number of phenols is 1. The number of phenolic OH excluding ortho intramolecular Hbond substituents is 1. The number of carbonyl (C=O) groups excluding carboxylic acids is 1. The monoisotopic (exact) mass is 320 g/mol. The lowest BCUT2D eigenvalue weighted by molar-refractivity contribution is 0.0942. The Morgan fingerprint density at radius 2 is 2.04 bits per heavy atom. The van der Waals surface area contributed by atoms with Gasteiger partial charge in [-0.15, -0.1) is 0 Å². The SMILES string of the molecule is O=C(NCC1CCN(C2CCCCC2)C1)c1ccc(O)cc1F. The van der Waals surface area contributed by atoms with E-state index in [1.54, 1.807) is 0 Å². The Hall–Kier alpha value is -1.62. The zero-order valence-electron chi connectivity index (χ0n) is 13.4. The number of aromatic hydroxyl groups is 1. The molecule has 1 saturated heterocycles. The highest BCUT2D eigenvalue weighted by atomic mass is 19.1. The standard InChI is InChI=1S/C18H25FN2O2/c19-17-10-15(22)6-7-16(17)18(23)20-11-13-8-9-21(12-13)14-4-2-1-3-5-14/h6-7,10,13-14,22H,1-5,8-9,11-12H2,(H,20,23). The van der Waals surface area contributed by atoms with Crippen molar-refractivity contribution in [2.24, 2.45) is 5.92 Å². The molecule has 0 spiro atoms. The second-order valence-electron chi connectivity index (χ2n) is 6.82. The van der Waals surface area contributed by atoms with Gasteiger partial charge in [-0.05, 0) is 43.9 Å². The molecule has 1 unspecified atom stereocenters. The number of hydrogen-bond acceptors (Lipinski definition) is 3. The highest BCUT2D eigenvalue weighted by Gasteiger charge is 2.29. The summed E-state index contributed by atoms with van der Waals surface area (Å²) in [6.45, 7) is 2.73. The van der Waals surface area contributed by atoms with Gasteiger partial charge in [0.05, 0.1) is 5.56 Å². The molecule has 23 heavy (non-hydrogen) atoms. The molecular weight excluding hydrogens is 295 g/mol. The second kappa shape index (κ2) is 7.30. The third-order valence-electron chi connectivity index (χ3n) is 5.16. The number of nitrogens with zero attached hydrogens (tertiary/aromatic N) is 1. The van der Waals surface area contributed by atoms with Gasteiger partial charge in [-0.2, -0.15) is 0 Å². The van der Waals surface area contributed by atoms with E-state index in [-0.39, 0.29) is 11.3 Å². The van der Waals surface area contributed by atoms with Crippen LogP contribution in [0.15, 0.2) is 18.2 Å². The third kappa shape index (κ3) is 4.02. The first-order valence-electron chi connectivity index (χ1n) is 8.64. The quantitative estimate of drug-likeness (QED) is 0.897. The van der Waals surface area contributed by atoms with Gasteiger partial charge in [0, 0.05) is 25.2 Å². The van der Waals surface area contributed by atoms with Crippen molar-refractivity contribution in [2.75, 3.05) is 19.6 Å². The molecule has 1 aliphatic carbocycles. The molecule has 1 saturated carbocycles. The molecule has 1 atom stereocenters. The Morgan fingerprint density at radius 3 is 2.78 bits per heavy atom. The molecule has 0 aromatic heterocycles. The molecule has 4 nitrogen and oxygen atoms in total. The van der Waals surface area contributed by atoms with E-state index in [0.717, 1.165) is 31.6 Å². The van der Waals surface area contributed by atoms with Crippen LogP contribution in [-0.2, 0) is 0 Å². The van der Waals surface area contributed by atoms with Gasteiger partial charge in [0.1, 0.15) is 11.6 Å². The van der Waals surface area contributed by atoms with Gasteiger partial charge in [0.2, 0.25) is 0 Å². The van der Waals surface area contributed by atoms with Crippen molar-refractivity contribution in [3.63, 3.8) is 0 Å². The molecule has 1 aromatic carbocycles. The molecule has 0 bridgehead atoms. The van der Waals surface area contributed by atoms with E-state index in [0.29, 0.717) is 12.5 Å². The van der Waals surface area contributed by atoms with Gasteiger partial charge in [-0.1, -0.05) is 19.3 Å². The summed E-state index contributed by atoms with van der Waals surface area (Å²) in [7, 11) is 0. The molecule has 0 radical (unpaired) electrons. The predicted octanol–water partition coefficient (Wildman–Crippen LogP) is 2.92. The molecule has 2 fully saturated rings. The number of carbonyl (C=O) groups is 1. The molecule has 3 rings (SSSR count). The normalized spacial score (nSPS) is 23.1. The highest BCUT2D eigenvalue weighted by molar-refractivity contribution is 5.94. The molecule has 1 aromatic rings. The average molecular weight is 320 g/mol. The lowest BCUT2D eigenvalue weighted by Gasteiger charge is -2.31. The first-order chi connectivity index (χ1) is 11.1. The van der Waals surface area contributed by atoms with E-state index < -0.39 is 11.7 Å². The van der Waals surface area contributed by atoms with Crippen LogP contribution >= 0.6 is 0 Å². The lowest BCUT2D eigenvalue weighted by Crippen LogP contribution is -2.36. The van der Waals surface area contributed by atoms with Crippen LogP contribution in [0.2, 0.25) is 0 Å². The zero-order valence-corrected chi connectivity index (χ0v) is 13.4. The summed E-state index contributed by atoms with van der Waals surface area (Å²) in [5.74, 6) is -0.810. The lowest BCUT2D eigenvalue weighted by atomic mass is 9.94. The van der Waals surface area contributed by atoms with Crippen LogP contribution < -0.4 is 5.32 Å². The third-order valence-corrected chi connectivity index (χ3v) is 5.16. The van der Waals surface area contributed by atoms with Crippen molar-refractivity contribution in [3.05, 3.63) is 29.6 Å². The Labute approximate surface area is 136 Å². The zero-order chi connectivity index (χ0) is 16.2. The van der Waals surface area contributed by atoms with E-state index in [1.807, 2.05) is 0 Å². The fraction of sp³-hybridized carbons (Fsp3) is 0.611. The number of nitrogens with one attached hydrogen (secondary N) is 1. The van der Waals surface area contributed by atoms with Crippen molar-refractivity contribution in [2.45, 2.75) is 44.6 Å². The molecule has 1 amide bonds. The van der Waals surface area contributed by atoms with Crippen LogP contribution in [0.4, 0.5) is 4.39 Å². The van der Waals surface area contributed by atoms with Gasteiger partial charge in [-0.25, -0.2) is 4.39 Å².